The minimum absolute atomic E-state index is 0. The Morgan fingerprint density at radius 1 is 0.880 bits per heavy atom. The average Bonchev–Trinajstić information content (AvgIpc) is 2.62. The predicted octanol–water partition coefficient (Wildman–Crippen LogP) is 2.50. The lowest BCUT2D eigenvalue weighted by Gasteiger charge is -2.22. The summed E-state index contributed by atoms with van der Waals surface area (Å²) in [7, 11) is 0. The molecule has 2 N–H and O–H groups in total. The fraction of sp³-hybridized carbons (Fsp3) is 0.350. The number of anilines is 1. The van der Waals surface area contributed by atoms with Gasteiger partial charge >= 0.3 is 0 Å². The topological polar surface area (TPSA) is 47.6 Å². The summed E-state index contributed by atoms with van der Waals surface area (Å²) >= 11 is 4.23. The Morgan fingerprint density at radius 2 is 1.40 bits per heavy atom. The van der Waals surface area contributed by atoms with Crippen molar-refractivity contribution in [3.63, 3.8) is 0 Å². The molecule has 0 atom stereocenters. The molecule has 0 saturated carbocycles. The first-order valence-electron chi connectivity index (χ1n) is 8.11. The van der Waals surface area contributed by atoms with Crippen LogP contribution in [0.25, 0.3) is 12.2 Å². The summed E-state index contributed by atoms with van der Waals surface area (Å²) in [4.78, 5) is 1.96. The number of hydrogen-bond acceptors (Lipinski definition) is 4. The van der Waals surface area contributed by atoms with Gasteiger partial charge in [-0.25, -0.2) is 4.57 Å². The smallest absolute Gasteiger partial charge is 0.169 e. The van der Waals surface area contributed by atoms with Crippen molar-refractivity contribution in [2.75, 3.05) is 37.0 Å². The molecule has 136 valence electrons. The van der Waals surface area contributed by atoms with Gasteiger partial charge < -0.3 is 15.1 Å². The molecule has 1 aromatic heterocycles. The highest BCUT2D eigenvalue weighted by molar-refractivity contribution is 7.80. The molecule has 0 unspecified atom stereocenters. The molecule has 0 aliphatic heterocycles. The summed E-state index contributed by atoms with van der Waals surface area (Å²) in [6.45, 7) is 2.09. The Hall–Kier alpha value is -1.82. The minimum Gasteiger partial charge on any atom is -0.395 e. The van der Waals surface area contributed by atoms with E-state index in [0.29, 0.717) is 13.1 Å². The Kier molecular flexibility index (Phi) is 9.92. The van der Waals surface area contributed by atoms with Crippen LogP contribution in [-0.4, -0.2) is 42.3 Å². The second-order valence-corrected chi connectivity index (χ2v) is 5.90. The van der Waals surface area contributed by atoms with Gasteiger partial charge in [0.05, 0.1) is 13.2 Å². The molecule has 2 rings (SSSR count). The van der Waals surface area contributed by atoms with Crippen LogP contribution >= 0.6 is 12.6 Å². The van der Waals surface area contributed by atoms with E-state index in [1.165, 1.54) is 0 Å². The lowest BCUT2D eigenvalue weighted by molar-refractivity contribution is -0.692. The summed E-state index contributed by atoms with van der Waals surface area (Å²) in [5.41, 5.74) is 3.26. The standard InChI is InChI=1S/C19H24N2O2S.CH4/c22-14-11-21(12-15-23)19-5-3-17(4-6-19)1-2-18-7-9-20(10-8-18)13-16-24;/h1-10,22-23H,11-16H2;1H4/p+1. The van der Waals surface area contributed by atoms with Crippen LogP contribution in [0, 0.1) is 0 Å². The van der Waals surface area contributed by atoms with E-state index in [4.69, 9.17) is 10.2 Å². The van der Waals surface area contributed by atoms with Crippen molar-refractivity contribution in [3.05, 3.63) is 59.9 Å². The molecule has 0 radical (unpaired) electrons. The van der Waals surface area contributed by atoms with Crippen LogP contribution in [0.5, 0.6) is 0 Å². The maximum absolute atomic E-state index is 9.10. The van der Waals surface area contributed by atoms with E-state index < -0.39 is 0 Å². The molecule has 0 saturated heterocycles. The third kappa shape index (κ3) is 6.90. The van der Waals surface area contributed by atoms with Crippen molar-refractivity contribution in [1.82, 2.24) is 0 Å². The average molecular weight is 362 g/mol. The largest absolute Gasteiger partial charge is 0.395 e. The highest BCUT2D eigenvalue weighted by Crippen LogP contribution is 2.16. The van der Waals surface area contributed by atoms with Crippen molar-refractivity contribution >= 4 is 30.5 Å². The summed E-state index contributed by atoms with van der Waals surface area (Å²) in [6, 6.07) is 12.3. The fourth-order valence-electron chi connectivity index (χ4n) is 2.44. The minimum atomic E-state index is 0. The third-order valence-corrected chi connectivity index (χ3v) is 3.94. The van der Waals surface area contributed by atoms with Crippen LogP contribution in [0.15, 0.2) is 48.8 Å². The van der Waals surface area contributed by atoms with Gasteiger partial charge in [0.25, 0.3) is 0 Å². The zero-order valence-electron chi connectivity index (χ0n) is 13.8. The zero-order chi connectivity index (χ0) is 17.2. The number of nitrogens with zero attached hydrogens (tertiary/aromatic N) is 2. The molecule has 5 heteroatoms. The van der Waals surface area contributed by atoms with Crippen molar-refractivity contribution in [2.24, 2.45) is 0 Å². The van der Waals surface area contributed by atoms with E-state index in [-0.39, 0.29) is 20.6 Å². The summed E-state index contributed by atoms with van der Waals surface area (Å²) in [6.07, 6.45) is 8.27. The SMILES string of the molecule is C.OCCN(CCO)c1ccc(/C=C/c2cc[n+](CCS)cc2)cc1. The normalized spacial score (nSPS) is 10.7. The van der Waals surface area contributed by atoms with Gasteiger partial charge in [-0.15, -0.1) is 0 Å². The lowest BCUT2D eigenvalue weighted by Crippen LogP contribution is -2.33. The molecule has 2 aromatic rings. The first-order chi connectivity index (χ1) is 11.8. The van der Waals surface area contributed by atoms with Gasteiger partial charge in [0.15, 0.2) is 18.9 Å². The monoisotopic (exact) mass is 361 g/mol. The van der Waals surface area contributed by atoms with Crippen LogP contribution in [-0.2, 0) is 6.54 Å². The number of thiol groups is 1. The second-order valence-electron chi connectivity index (χ2n) is 5.45. The molecule has 0 fully saturated rings. The number of rotatable bonds is 9. The molecule has 1 aromatic carbocycles. The number of benzene rings is 1. The van der Waals surface area contributed by atoms with Gasteiger partial charge in [-0.2, -0.15) is 12.6 Å². The summed E-state index contributed by atoms with van der Waals surface area (Å²) in [5.74, 6) is 0.829. The Bertz CT molecular complexity index is 621. The first-order valence-corrected chi connectivity index (χ1v) is 8.75. The van der Waals surface area contributed by atoms with Crippen LogP contribution in [0.2, 0.25) is 0 Å². The van der Waals surface area contributed by atoms with E-state index >= 15 is 0 Å². The van der Waals surface area contributed by atoms with Gasteiger partial charge in [-0.1, -0.05) is 31.7 Å². The van der Waals surface area contributed by atoms with Gasteiger partial charge in [0.2, 0.25) is 0 Å². The molecule has 0 aliphatic rings. The number of hydrogen-bond donors (Lipinski definition) is 3. The Balaban J connectivity index is 0.00000312. The second kappa shape index (κ2) is 11.7. The first kappa shape index (κ1) is 21.2. The van der Waals surface area contributed by atoms with Crippen molar-refractivity contribution in [1.29, 1.82) is 0 Å². The number of pyridine rings is 1. The number of aliphatic hydroxyl groups excluding tert-OH is 2. The molecule has 0 bridgehead atoms. The maximum Gasteiger partial charge on any atom is 0.169 e. The number of aromatic nitrogens is 1. The Labute approximate surface area is 156 Å². The highest BCUT2D eigenvalue weighted by Gasteiger charge is 2.04. The van der Waals surface area contributed by atoms with Crippen molar-refractivity contribution in [3.8, 4) is 0 Å². The Morgan fingerprint density at radius 3 is 1.88 bits per heavy atom. The van der Waals surface area contributed by atoms with Crippen LogP contribution in [0.3, 0.4) is 0 Å². The van der Waals surface area contributed by atoms with Crippen LogP contribution in [0.4, 0.5) is 5.69 Å². The van der Waals surface area contributed by atoms with Gasteiger partial charge in [-0.05, 0) is 23.3 Å². The zero-order valence-corrected chi connectivity index (χ0v) is 14.6. The molecule has 0 spiro atoms. The van der Waals surface area contributed by atoms with Crippen molar-refractivity contribution < 1.29 is 14.8 Å². The maximum atomic E-state index is 9.10. The quantitative estimate of drug-likeness (QED) is 0.475. The van der Waals surface area contributed by atoms with Gasteiger partial charge in [0, 0.05) is 36.7 Å². The summed E-state index contributed by atoms with van der Waals surface area (Å²) < 4.78 is 2.11. The highest BCUT2D eigenvalue weighted by atomic mass is 32.1. The van der Waals surface area contributed by atoms with Gasteiger partial charge in [-0.3, -0.25) is 0 Å². The lowest BCUT2D eigenvalue weighted by atomic mass is 10.1. The van der Waals surface area contributed by atoms with E-state index in [2.05, 4.69) is 53.9 Å². The molecule has 1 heterocycles. The predicted molar refractivity (Wildman–Crippen MR) is 109 cm³/mol. The molecule has 25 heavy (non-hydrogen) atoms. The summed E-state index contributed by atoms with van der Waals surface area (Å²) in [5, 5.41) is 18.2. The van der Waals surface area contributed by atoms with E-state index in [9.17, 15) is 0 Å². The third-order valence-electron chi connectivity index (χ3n) is 3.74. The van der Waals surface area contributed by atoms with E-state index in [1.54, 1.807) is 0 Å². The van der Waals surface area contributed by atoms with Gasteiger partial charge in [0.1, 0.15) is 0 Å². The number of aryl methyl sites for hydroxylation is 1. The fourth-order valence-corrected chi connectivity index (χ4v) is 2.68. The molecule has 0 aliphatic carbocycles. The molecular weight excluding hydrogens is 332 g/mol. The van der Waals surface area contributed by atoms with E-state index in [1.807, 2.05) is 29.2 Å². The van der Waals surface area contributed by atoms with Crippen molar-refractivity contribution in [2.45, 2.75) is 14.0 Å². The van der Waals surface area contributed by atoms with E-state index in [0.717, 1.165) is 29.1 Å². The van der Waals surface area contributed by atoms with Crippen LogP contribution < -0.4 is 9.47 Å². The number of aliphatic hydroxyl groups is 2. The molecule has 0 amide bonds. The van der Waals surface area contributed by atoms with Crippen LogP contribution in [0.1, 0.15) is 18.6 Å². The molecule has 4 nitrogen and oxygen atoms in total. The molecular formula is C20H29N2O2S+.